The van der Waals surface area contributed by atoms with Gasteiger partial charge in [-0.25, -0.2) is 4.79 Å². The van der Waals surface area contributed by atoms with Crippen LogP contribution in [-0.2, 0) is 18.6 Å². The largest absolute Gasteiger partial charge is 0.460 e. The minimum Gasteiger partial charge on any atom is -0.460 e. The summed E-state index contributed by atoms with van der Waals surface area (Å²) < 4.78 is 21.4. The first-order chi connectivity index (χ1) is 9.75. The smallest absolute Gasteiger partial charge is 0.353 e. The number of ether oxygens (including phenoxy) is 1. The molecular weight excluding hydrogens is 334 g/mol. The fraction of sp³-hybridized carbons (Fsp3) is 0.500. The molecule has 0 bridgehead atoms. The van der Waals surface area contributed by atoms with Gasteiger partial charge in [-0.05, 0) is 32.4 Å². The van der Waals surface area contributed by atoms with E-state index in [1.807, 2.05) is 6.92 Å². The molecule has 1 aromatic rings. The van der Waals surface area contributed by atoms with Crippen molar-refractivity contribution in [3.05, 3.63) is 30.3 Å². The summed E-state index contributed by atoms with van der Waals surface area (Å²) >= 11 is 12.2. The third-order valence-corrected chi connectivity index (χ3v) is 6.62. The summed E-state index contributed by atoms with van der Waals surface area (Å²) in [5.74, 6) is -0.968. The van der Waals surface area contributed by atoms with E-state index in [0.29, 0.717) is 6.42 Å². The lowest BCUT2D eigenvalue weighted by atomic mass is 10.4. The molecule has 1 unspecified atom stereocenters. The van der Waals surface area contributed by atoms with Gasteiger partial charge in [-0.2, -0.15) is 0 Å². The number of hydrogen-bond donors (Lipinski definition) is 0. The van der Waals surface area contributed by atoms with Crippen LogP contribution in [0.1, 0.15) is 27.2 Å². The Morgan fingerprint density at radius 1 is 1.29 bits per heavy atom. The van der Waals surface area contributed by atoms with E-state index in [0.717, 1.165) is 0 Å². The molecule has 0 radical (unpaired) electrons. The maximum atomic E-state index is 13.2. The predicted octanol–water partition coefficient (Wildman–Crippen LogP) is 4.10. The lowest BCUT2D eigenvalue weighted by Gasteiger charge is -2.29. The van der Waals surface area contributed by atoms with Gasteiger partial charge in [-0.15, -0.1) is 0 Å². The van der Waals surface area contributed by atoms with E-state index in [1.165, 1.54) is 0 Å². The van der Waals surface area contributed by atoms with Crippen molar-refractivity contribution in [2.24, 2.45) is 0 Å². The van der Waals surface area contributed by atoms with Crippen molar-refractivity contribution in [1.29, 1.82) is 0 Å². The van der Waals surface area contributed by atoms with Gasteiger partial charge in [0, 0.05) is 5.30 Å². The minimum absolute atomic E-state index is 0.169. The van der Waals surface area contributed by atoms with E-state index in [4.69, 9.17) is 32.5 Å². The van der Waals surface area contributed by atoms with Crippen LogP contribution in [0.15, 0.2) is 30.3 Å². The van der Waals surface area contributed by atoms with Gasteiger partial charge in [0.25, 0.3) is 11.4 Å². The zero-order valence-electron chi connectivity index (χ0n) is 12.2. The second kappa shape index (κ2) is 7.64. The van der Waals surface area contributed by atoms with Crippen molar-refractivity contribution in [3.8, 4) is 0 Å². The highest BCUT2D eigenvalue weighted by atomic mass is 35.5. The van der Waals surface area contributed by atoms with E-state index in [1.54, 1.807) is 44.2 Å². The molecular formula is C14H19Cl2O4P. The second-order valence-corrected chi connectivity index (χ2v) is 9.12. The second-order valence-electron chi connectivity index (χ2n) is 4.72. The first-order valence-electron chi connectivity index (χ1n) is 6.65. The molecule has 0 spiro atoms. The van der Waals surface area contributed by atoms with Gasteiger partial charge in [0.15, 0.2) is 0 Å². The summed E-state index contributed by atoms with van der Waals surface area (Å²) in [6, 6.07) is 8.24. The maximum absolute atomic E-state index is 13.2. The number of esters is 1. The van der Waals surface area contributed by atoms with Crippen LogP contribution in [0.4, 0.5) is 0 Å². The predicted molar refractivity (Wildman–Crippen MR) is 85.6 cm³/mol. The number of rotatable bonds is 7. The number of carbonyl (C=O) groups excluding carboxylic acids is 1. The minimum atomic E-state index is -3.85. The van der Waals surface area contributed by atoms with E-state index < -0.39 is 23.5 Å². The van der Waals surface area contributed by atoms with Crippen molar-refractivity contribution < 1.29 is 18.6 Å². The summed E-state index contributed by atoms with van der Waals surface area (Å²) in [5, 5.41) is 0.282. The molecule has 0 saturated carbocycles. The average molecular weight is 353 g/mol. The summed E-state index contributed by atoms with van der Waals surface area (Å²) in [6.07, 6.45) is 0.185. The molecule has 0 amide bonds. The molecule has 1 rings (SSSR count). The molecule has 7 heteroatoms. The summed E-state index contributed by atoms with van der Waals surface area (Å²) in [4.78, 5) is 12.1. The number of alkyl halides is 2. The van der Waals surface area contributed by atoms with Gasteiger partial charge < -0.3 is 9.26 Å². The zero-order chi connectivity index (χ0) is 16.1. The highest BCUT2D eigenvalue weighted by molar-refractivity contribution is 7.73. The first-order valence-corrected chi connectivity index (χ1v) is 9.03. The van der Waals surface area contributed by atoms with Gasteiger partial charge >= 0.3 is 5.97 Å². The quantitative estimate of drug-likeness (QED) is 0.421. The van der Waals surface area contributed by atoms with Gasteiger partial charge in [-0.3, -0.25) is 4.57 Å². The highest BCUT2D eigenvalue weighted by Crippen LogP contribution is 2.63. The molecule has 0 aliphatic rings. The Morgan fingerprint density at radius 2 is 1.86 bits per heavy atom. The first kappa shape index (κ1) is 18.5. The van der Waals surface area contributed by atoms with Gasteiger partial charge in [0.2, 0.25) is 0 Å². The van der Waals surface area contributed by atoms with Crippen LogP contribution in [0.25, 0.3) is 0 Å². The maximum Gasteiger partial charge on any atom is 0.353 e. The van der Waals surface area contributed by atoms with Gasteiger partial charge in [0.1, 0.15) is 0 Å². The van der Waals surface area contributed by atoms with Crippen LogP contribution >= 0.6 is 30.6 Å². The molecule has 0 N–H and O–H groups in total. The Morgan fingerprint density at radius 3 is 2.33 bits per heavy atom. The Hall–Kier alpha value is -0.540. The Bertz CT molecular complexity index is 517. The van der Waals surface area contributed by atoms with Gasteiger partial charge in [-0.1, -0.05) is 48.3 Å². The molecule has 0 saturated heterocycles. The summed E-state index contributed by atoms with van der Waals surface area (Å²) in [5.41, 5.74) is 0. The molecule has 0 aliphatic carbocycles. The van der Waals surface area contributed by atoms with Crippen molar-refractivity contribution >= 4 is 41.8 Å². The molecule has 1 aromatic carbocycles. The molecule has 0 heterocycles. The number of halogens is 2. The Kier molecular flexibility index (Phi) is 6.73. The van der Waals surface area contributed by atoms with Crippen LogP contribution in [0.5, 0.6) is 0 Å². The topological polar surface area (TPSA) is 52.6 Å². The van der Waals surface area contributed by atoms with Crippen molar-refractivity contribution in [2.75, 3.05) is 6.61 Å². The molecule has 4 nitrogen and oxygen atoms in total. The number of benzene rings is 1. The van der Waals surface area contributed by atoms with Crippen LogP contribution < -0.4 is 5.30 Å². The fourth-order valence-corrected chi connectivity index (χ4v) is 4.47. The van der Waals surface area contributed by atoms with Crippen LogP contribution in [0, 0.1) is 0 Å². The van der Waals surface area contributed by atoms with Crippen molar-refractivity contribution in [2.45, 2.75) is 37.4 Å². The highest BCUT2D eigenvalue weighted by Gasteiger charge is 2.56. The summed E-state index contributed by atoms with van der Waals surface area (Å²) in [6.45, 7) is 5.33. The number of hydrogen-bond acceptors (Lipinski definition) is 4. The molecule has 0 aromatic heterocycles. The van der Waals surface area contributed by atoms with Crippen LogP contribution in [0.2, 0.25) is 0 Å². The third-order valence-electron chi connectivity index (χ3n) is 2.53. The lowest BCUT2D eigenvalue weighted by molar-refractivity contribution is -0.146. The van der Waals surface area contributed by atoms with Crippen LogP contribution in [0.3, 0.4) is 0 Å². The SMILES string of the molecule is CCCOP(=O)(c1ccccc1)C(Cl)(Cl)C(=O)OC(C)C. The number of carbonyl (C=O) groups is 1. The zero-order valence-corrected chi connectivity index (χ0v) is 14.6. The molecule has 1 atom stereocenters. The summed E-state index contributed by atoms with van der Waals surface area (Å²) in [7, 11) is -3.85. The normalized spacial score (nSPS) is 14.8. The average Bonchev–Trinajstić information content (AvgIpc) is 2.44. The van der Waals surface area contributed by atoms with Crippen LogP contribution in [-0.4, -0.2) is 22.8 Å². The van der Waals surface area contributed by atoms with E-state index >= 15 is 0 Å². The standard InChI is InChI=1S/C14H19Cl2O4P/c1-4-10-19-21(18,12-8-6-5-7-9-12)14(15,16)13(17)20-11(2)3/h5-9,11H,4,10H2,1-3H3. The Labute approximate surface area is 135 Å². The van der Waals surface area contributed by atoms with Gasteiger partial charge in [0.05, 0.1) is 12.7 Å². The monoisotopic (exact) mass is 352 g/mol. The molecule has 118 valence electrons. The fourth-order valence-electron chi connectivity index (χ4n) is 1.57. The molecule has 0 fully saturated rings. The molecule has 21 heavy (non-hydrogen) atoms. The van der Waals surface area contributed by atoms with E-state index in [2.05, 4.69) is 0 Å². The van der Waals surface area contributed by atoms with Crippen molar-refractivity contribution in [3.63, 3.8) is 0 Å². The molecule has 0 aliphatic heterocycles. The van der Waals surface area contributed by atoms with E-state index in [9.17, 15) is 9.36 Å². The third kappa shape index (κ3) is 4.23. The Balaban J connectivity index is 3.24. The lowest BCUT2D eigenvalue weighted by Crippen LogP contribution is -2.35. The van der Waals surface area contributed by atoms with Crippen molar-refractivity contribution in [1.82, 2.24) is 0 Å². The van der Waals surface area contributed by atoms with E-state index in [-0.39, 0.29) is 11.9 Å².